The van der Waals surface area contributed by atoms with Crippen LogP contribution in [0.15, 0.2) is 24.3 Å². The maximum Gasteiger partial charge on any atom is 0.391 e. The van der Waals surface area contributed by atoms with E-state index in [1.54, 1.807) is 24.3 Å². The molecule has 0 saturated carbocycles. The molecule has 18 heavy (non-hydrogen) atoms. The summed E-state index contributed by atoms with van der Waals surface area (Å²) in [5, 5.41) is 9.96. The number of hydrogen-bond donors (Lipinski definition) is 1. The number of benzene rings is 1. The summed E-state index contributed by atoms with van der Waals surface area (Å²) in [7, 11) is 0. The first-order valence-electron chi connectivity index (χ1n) is 5.55. The number of para-hydroxylation sites is 1. The van der Waals surface area contributed by atoms with E-state index in [-0.39, 0.29) is 6.61 Å². The van der Waals surface area contributed by atoms with Crippen molar-refractivity contribution >= 4 is 0 Å². The van der Waals surface area contributed by atoms with Crippen molar-refractivity contribution in [2.45, 2.75) is 24.8 Å². The van der Waals surface area contributed by atoms with Gasteiger partial charge in [0.1, 0.15) is 24.6 Å². The average molecular weight is 262 g/mol. The molecule has 1 aliphatic rings. The third-order valence-corrected chi connectivity index (χ3v) is 2.71. The number of aliphatic hydroxyl groups excluding tert-OH is 1. The smallest absolute Gasteiger partial charge is 0.391 e. The first-order valence-corrected chi connectivity index (χ1v) is 5.55. The van der Waals surface area contributed by atoms with Crippen molar-refractivity contribution in [2.24, 2.45) is 0 Å². The summed E-state index contributed by atoms with van der Waals surface area (Å²) < 4.78 is 46.3. The van der Waals surface area contributed by atoms with Crippen molar-refractivity contribution in [3.8, 4) is 5.75 Å². The molecule has 0 aliphatic carbocycles. The summed E-state index contributed by atoms with van der Waals surface area (Å²) in [6, 6.07) is 6.85. The Morgan fingerprint density at radius 2 is 2.06 bits per heavy atom. The molecule has 0 radical (unpaired) electrons. The molecular formula is C12H13F3O3. The average Bonchev–Trinajstić information content (AvgIpc) is 2.31. The van der Waals surface area contributed by atoms with Crippen molar-refractivity contribution in [3.05, 3.63) is 29.8 Å². The van der Waals surface area contributed by atoms with Crippen LogP contribution in [0.5, 0.6) is 5.75 Å². The van der Waals surface area contributed by atoms with Crippen LogP contribution in [0.25, 0.3) is 0 Å². The van der Waals surface area contributed by atoms with Gasteiger partial charge in [-0.1, -0.05) is 18.2 Å². The van der Waals surface area contributed by atoms with Crippen LogP contribution in [0, 0.1) is 0 Å². The van der Waals surface area contributed by atoms with Crippen LogP contribution in [0.4, 0.5) is 13.2 Å². The molecule has 2 unspecified atom stereocenters. The van der Waals surface area contributed by atoms with Gasteiger partial charge in [-0.15, -0.1) is 0 Å². The summed E-state index contributed by atoms with van der Waals surface area (Å²) >= 11 is 0. The lowest BCUT2D eigenvalue weighted by Gasteiger charge is -2.30. The van der Waals surface area contributed by atoms with Gasteiger partial charge in [-0.3, -0.25) is 0 Å². The molecule has 1 aromatic rings. The van der Waals surface area contributed by atoms with Crippen molar-refractivity contribution in [1.29, 1.82) is 0 Å². The lowest BCUT2D eigenvalue weighted by Crippen LogP contribution is -2.34. The van der Waals surface area contributed by atoms with Gasteiger partial charge in [-0.25, -0.2) is 0 Å². The minimum atomic E-state index is -4.25. The van der Waals surface area contributed by atoms with E-state index >= 15 is 0 Å². The minimum Gasteiger partial charge on any atom is -0.490 e. The zero-order chi connectivity index (χ0) is 13.2. The Morgan fingerprint density at radius 1 is 1.33 bits per heavy atom. The number of aliphatic hydroxyl groups is 1. The van der Waals surface area contributed by atoms with Crippen LogP contribution < -0.4 is 4.74 Å². The van der Waals surface area contributed by atoms with Crippen molar-refractivity contribution < 1.29 is 27.8 Å². The van der Waals surface area contributed by atoms with Gasteiger partial charge in [0, 0.05) is 5.56 Å². The van der Waals surface area contributed by atoms with Gasteiger partial charge in [0.25, 0.3) is 0 Å². The number of ether oxygens (including phenoxy) is 2. The van der Waals surface area contributed by atoms with Crippen LogP contribution in [-0.4, -0.2) is 30.6 Å². The molecule has 3 nitrogen and oxygen atoms in total. The second kappa shape index (κ2) is 5.16. The highest BCUT2D eigenvalue weighted by atomic mass is 19.4. The predicted molar refractivity (Wildman–Crippen MR) is 57.3 cm³/mol. The molecule has 2 rings (SSSR count). The molecule has 1 N–H and O–H groups in total. The van der Waals surface area contributed by atoms with Crippen LogP contribution in [0.1, 0.15) is 18.1 Å². The maximum atomic E-state index is 12.0. The van der Waals surface area contributed by atoms with E-state index in [1.165, 1.54) is 0 Å². The van der Waals surface area contributed by atoms with Crippen molar-refractivity contribution in [1.82, 2.24) is 0 Å². The van der Waals surface area contributed by atoms with E-state index in [9.17, 15) is 18.3 Å². The number of hydrogen-bond acceptors (Lipinski definition) is 3. The molecule has 0 aromatic heterocycles. The van der Waals surface area contributed by atoms with Gasteiger partial charge in [0.15, 0.2) is 0 Å². The third-order valence-electron chi connectivity index (χ3n) is 2.71. The SMILES string of the molecule is OC1c2ccccc2OCC1OCCC(F)(F)F. The molecule has 1 aliphatic heterocycles. The Morgan fingerprint density at radius 3 is 2.78 bits per heavy atom. The fourth-order valence-corrected chi connectivity index (χ4v) is 1.78. The van der Waals surface area contributed by atoms with Crippen molar-refractivity contribution in [3.63, 3.8) is 0 Å². The maximum absolute atomic E-state index is 12.0. The largest absolute Gasteiger partial charge is 0.490 e. The van der Waals surface area contributed by atoms with E-state index in [1.807, 2.05) is 0 Å². The van der Waals surface area contributed by atoms with Gasteiger partial charge in [-0.05, 0) is 6.07 Å². The van der Waals surface area contributed by atoms with Gasteiger partial charge < -0.3 is 14.6 Å². The summed E-state index contributed by atoms with van der Waals surface area (Å²) in [6.45, 7) is -0.424. The summed E-state index contributed by atoms with van der Waals surface area (Å²) in [5.41, 5.74) is 0.542. The molecule has 6 heteroatoms. The standard InChI is InChI=1S/C12H13F3O3/c13-12(14,15)5-6-17-10-7-18-9-4-2-1-3-8(9)11(10)16/h1-4,10-11,16H,5-7H2. The Bertz CT molecular complexity index is 406. The number of fused-ring (bicyclic) bond motifs is 1. The molecule has 0 fully saturated rings. The highest BCUT2D eigenvalue weighted by molar-refractivity contribution is 5.37. The third kappa shape index (κ3) is 3.14. The van der Waals surface area contributed by atoms with Crippen molar-refractivity contribution in [2.75, 3.05) is 13.2 Å². The first kappa shape index (κ1) is 13.2. The first-order chi connectivity index (χ1) is 8.47. The number of alkyl halides is 3. The molecule has 1 aromatic carbocycles. The quantitative estimate of drug-likeness (QED) is 0.909. The van der Waals surface area contributed by atoms with Crippen LogP contribution in [0.3, 0.4) is 0 Å². The van der Waals surface area contributed by atoms with E-state index in [0.717, 1.165) is 0 Å². The van der Waals surface area contributed by atoms with Gasteiger partial charge in [0.05, 0.1) is 13.0 Å². The number of rotatable bonds is 3. The van der Waals surface area contributed by atoms with E-state index in [2.05, 4.69) is 0 Å². The van der Waals surface area contributed by atoms with Crippen LogP contribution >= 0.6 is 0 Å². The molecule has 100 valence electrons. The zero-order valence-electron chi connectivity index (χ0n) is 9.48. The van der Waals surface area contributed by atoms with Gasteiger partial charge >= 0.3 is 6.18 Å². The summed E-state index contributed by atoms with van der Waals surface area (Å²) in [5.74, 6) is 0.542. The van der Waals surface area contributed by atoms with E-state index in [4.69, 9.17) is 9.47 Å². The monoisotopic (exact) mass is 262 g/mol. The normalized spacial score (nSPS) is 23.3. The molecule has 0 spiro atoms. The lowest BCUT2D eigenvalue weighted by atomic mass is 10.0. The van der Waals surface area contributed by atoms with E-state index < -0.39 is 31.4 Å². The Balaban J connectivity index is 1.93. The van der Waals surface area contributed by atoms with E-state index in [0.29, 0.717) is 11.3 Å². The highest BCUT2D eigenvalue weighted by Crippen LogP contribution is 2.33. The molecule has 0 bridgehead atoms. The fourth-order valence-electron chi connectivity index (χ4n) is 1.78. The molecule has 1 heterocycles. The zero-order valence-corrected chi connectivity index (χ0v) is 9.48. The van der Waals surface area contributed by atoms with Gasteiger partial charge in [0.2, 0.25) is 0 Å². The molecular weight excluding hydrogens is 249 g/mol. The summed E-state index contributed by atoms with van der Waals surface area (Å²) in [4.78, 5) is 0. The Hall–Kier alpha value is -1.27. The predicted octanol–water partition coefficient (Wildman–Crippen LogP) is 2.45. The second-order valence-corrected chi connectivity index (χ2v) is 4.07. The Kier molecular flexibility index (Phi) is 3.77. The molecule has 0 amide bonds. The minimum absolute atomic E-state index is 0.0516. The molecule has 2 atom stereocenters. The van der Waals surface area contributed by atoms with Crippen LogP contribution in [0.2, 0.25) is 0 Å². The highest BCUT2D eigenvalue weighted by Gasteiger charge is 2.32. The second-order valence-electron chi connectivity index (χ2n) is 4.07. The van der Waals surface area contributed by atoms with Crippen LogP contribution in [-0.2, 0) is 4.74 Å². The van der Waals surface area contributed by atoms with Gasteiger partial charge in [-0.2, -0.15) is 13.2 Å². The summed E-state index contributed by atoms with van der Waals surface area (Å²) in [6.07, 6.45) is -7.00. The Labute approximate surface area is 102 Å². The topological polar surface area (TPSA) is 38.7 Å². The fraction of sp³-hybridized carbons (Fsp3) is 0.500. The molecule has 0 saturated heterocycles. The number of halogens is 3. The lowest BCUT2D eigenvalue weighted by molar-refractivity contribution is -0.158.